The van der Waals surface area contributed by atoms with E-state index < -0.39 is 0 Å². The Kier molecular flexibility index (Phi) is 5.83. The predicted octanol–water partition coefficient (Wildman–Crippen LogP) is 4.83. The Morgan fingerprint density at radius 2 is 1.91 bits per heavy atom. The van der Waals surface area contributed by atoms with E-state index >= 15 is 0 Å². The quantitative estimate of drug-likeness (QED) is 0.461. The summed E-state index contributed by atoms with van der Waals surface area (Å²) in [6, 6.07) is 18.5. The maximum atomic E-state index is 12.6. The molecule has 4 aromatic rings. The van der Waals surface area contributed by atoms with Crippen LogP contribution in [0.1, 0.15) is 33.1 Å². The summed E-state index contributed by atoms with van der Waals surface area (Å²) in [6.07, 6.45) is 4.37. The Morgan fingerprint density at radius 3 is 2.69 bits per heavy atom. The van der Waals surface area contributed by atoms with Gasteiger partial charge in [0.25, 0.3) is 5.91 Å². The molecule has 0 radical (unpaired) electrons. The largest absolute Gasteiger partial charge is 0.424 e. The molecule has 1 saturated heterocycles. The summed E-state index contributed by atoms with van der Waals surface area (Å²) in [4.78, 5) is 24.1. The number of hydrogen-bond acceptors (Lipinski definition) is 6. The lowest BCUT2D eigenvalue weighted by atomic mass is 9.95. The molecule has 32 heavy (non-hydrogen) atoms. The van der Waals surface area contributed by atoms with E-state index in [9.17, 15) is 4.79 Å². The summed E-state index contributed by atoms with van der Waals surface area (Å²) in [5.74, 6) is 1.09. The molecule has 7 heteroatoms. The summed E-state index contributed by atoms with van der Waals surface area (Å²) in [7, 11) is 1.70. The highest BCUT2D eigenvalue weighted by Gasteiger charge is 2.30. The zero-order chi connectivity index (χ0) is 21.9. The summed E-state index contributed by atoms with van der Waals surface area (Å²) in [5, 5.41) is 4.03. The van der Waals surface area contributed by atoms with Crippen molar-refractivity contribution in [2.24, 2.45) is 0 Å². The van der Waals surface area contributed by atoms with Gasteiger partial charge in [-0.15, -0.1) is 11.3 Å². The van der Waals surface area contributed by atoms with Crippen molar-refractivity contribution in [1.29, 1.82) is 0 Å². The van der Waals surface area contributed by atoms with Gasteiger partial charge < -0.3 is 10.1 Å². The third-order valence-corrected chi connectivity index (χ3v) is 7.01. The van der Waals surface area contributed by atoms with Crippen molar-refractivity contribution in [3.8, 4) is 11.8 Å². The number of thiophene rings is 1. The van der Waals surface area contributed by atoms with Crippen LogP contribution in [0.3, 0.4) is 0 Å². The Hall–Kier alpha value is -3.29. The van der Waals surface area contributed by atoms with E-state index in [1.165, 1.54) is 21.2 Å². The van der Waals surface area contributed by atoms with Crippen LogP contribution in [0.5, 0.6) is 11.8 Å². The van der Waals surface area contributed by atoms with Crippen molar-refractivity contribution >= 4 is 27.3 Å². The number of aromatic nitrogens is 2. The summed E-state index contributed by atoms with van der Waals surface area (Å²) in [6.45, 7) is 2.83. The number of rotatable bonds is 6. The second kappa shape index (κ2) is 9.06. The van der Waals surface area contributed by atoms with Crippen LogP contribution >= 0.6 is 11.3 Å². The van der Waals surface area contributed by atoms with Crippen molar-refractivity contribution in [3.63, 3.8) is 0 Å². The highest BCUT2D eigenvalue weighted by molar-refractivity contribution is 7.21. The number of amides is 1. The molecule has 162 valence electrons. The van der Waals surface area contributed by atoms with Crippen molar-refractivity contribution < 1.29 is 9.53 Å². The second-order valence-electron chi connectivity index (χ2n) is 7.92. The van der Waals surface area contributed by atoms with E-state index in [4.69, 9.17) is 4.74 Å². The molecule has 0 unspecified atom stereocenters. The average Bonchev–Trinajstić information content (AvgIpc) is 3.45. The second-order valence-corrected chi connectivity index (χ2v) is 8.97. The molecule has 5 rings (SSSR count). The highest BCUT2D eigenvalue weighted by atomic mass is 32.1. The van der Waals surface area contributed by atoms with Gasteiger partial charge >= 0.3 is 6.01 Å². The topological polar surface area (TPSA) is 67.4 Å². The third-order valence-electron chi connectivity index (χ3n) is 5.83. The van der Waals surface area contributed by atoms with Gasteiger partial charge in [0, 0.05) is 43.1 Å². The molecule has 1 fully saturated rings. The lowest BCUT2D eigenvalue weighted by Gasteiger charge is -2.17. The summed E-state index contributed by atoms with van der Waals surface area (Å²) >= 11 is 1.60. The monoisotopic (exact) mass is 444 g/mol. The summed E-state index contributed by atoms with van der Waals surface area (Å²) in [5.41, 5.74) is 2.44. The van der Waals surface area contributed by atoms with Crippen LogP contribution in [-0.4, -0.2) is 40.9 Å². The smallest absolute Gasteiger partial charge is 0.321 e. The van der Waals surface area contributed by atoms with Gasteiger partial charge in [0.1, 0.15) is 5.75 Å². The maximum Gasteiger partial charge on any atom is 0.321 e. The molecule has 0 aliphatic carbocycles. The number of benzene rings is 2. The zero-order valence-corrected chi connectivity index (χ0v) is 18.6. The first-order chi connectivity index (χ1) is 15.7. The van der Waals surface area contributed by atoms with Crippen LogP contribution in [0.4, 0.5) is 0 Å². The molecule has 6 nitrogen and oxygen atoms in total. The Labute approximate surface area is 190 Å². The zero-order valence-electron chi connectivity index (χ0n) is 17.8. The lowest BCUT2D eigenvalue weighted by molar-refractivity contribution is 0.0966. The minimum absolute atomic E-state index is 0.0117. The van der Waals surface area contributed by atoms with E-state index in [-0.39, 0.29) is 5.91 Å². The van der Waals surface area contributed by atoms with Crippen molar-refractivity contribution in [2.45, 2.75) is 18.9 Å². The van der Waals surface area contributed by atoms with E-state index in [1.54, 1.807) is 36.8 Å². The normalized spacial score (nSPS) is 16.3. The van der Waals surface area contributed by atoms with Gasteiger partial charge in [-0.2, -0.15) is 0 Å². The molecule has 3 heterocycles. The van der Waals surface area contributed by atoms with Crippen LogP contribution in [0, 0.1) is 0 Å². The van der Waals surface area contributed by atoms with Crippen LogP contribution in [0.25, 0.3) is 10.1 Å². The molecule has 0 bridgehead atoms. The third kappa shape index (κ3) is 4.22. The van der Waals surface area contributed by atoms with Gasteiger partial charge in [-0.1, -0.05) is 30.3 Å². The summed E-state index contributed by atoms with van der Waals surface area (Å²) < 4.78 is 6.86. The van der Waals surface area contributed by atoms with E-state index in [0.29, 0.717) is 11.9 Å². The molecule has 2 aromatic carbocycles. The Morgan fingerprint density at radius 1 is 1.12 bits per heavy atom. The SMILES string of the molecule is CNC(=O)c1sc2ccccc2c1[C@@H]1CCN(Cc2ccc(Oc3ncccn3)cc2)C1. The van der Waals surface area contributed by atoms with Crippen LogP contribution in [-0.2, 0) is 6.54 Å². The number of nitrogens with zero attached hydrogens (tertiary/aromatic N) is 3. The van der Waals surface area contributed by atoms with Gasteiger partial charge in [-0.05, 0) is 53.7 Å². The van der Waals surface area contributed by atoms with Crippen molar-refractivity contribution in [2.75, 3.05) is 20.1 Å². The Balaban J connectivity index is 1.29. The highest BCUT2D eigenvalue weighted by Crippen LogP contribution is 2.40. The number of carbonyl (C=O) groups excluding carboxylic acids is 1. The van der Waals surface area contributed by atoms with E-state index in [0.717, 1.165) is 36.7 Å². The molecule has 1 N–H and O–H groups in total. The van der Waals surface area contributed by atoms with Crippen LogP contribution in [0.15, 0.2) is 67.0 Å². The Bertz CT molecular complexity index is 1220. The first-order valence-corrected chi connectivity index (χ1v) is 11.5. The predicted molar refractivity (Wildman–Crippen MR) is 126 cm³/mol. The maximum absolute atomic E-state index is 12.6. The van der Waals surface area contributed by atoms with Crippen LogP contribution in [0.2, 0.25) is 0 Å². The van der Waals surface area contributed by atoms with Gasteiger partial charge in [0.05, 0.1) is 4.88 Å². The molecule has 0 spiro atoms. The number of fused-ring (bicyclic) bond motifs is 1. The molecule has 2 aromatic heterocycles. The molecule has 1 amide bonds. The molecule has 1 aliphatic heterocycles. The average molecular weight is 445 g/mol. The number of likely N-dealkylation sites (tertiary alicyclic amines) is 1. The fourth-order valence-electron chi connectivity index (χ4n) is 4.33. The minimum atomic E-state index is 0.0117. The van der Waals surface area contributed by atoms with E-state index in [1.807, 2.05) is 18.2 Å². The number of nitrogens with one attached hydrogen (secondary N) is 1. The van der Waals surface area contributed by atoms with Crippen LogP contribution < -0.4 is 10.1 Å². The first kappa shape index (κ1) is 20.6. The fourth-order valence-corrected chi connectivity index (χ4v) is 5.57. The number of hydrogen-bond donors (Lipinski definition) is 1. The minimum Gasteiger partial charge on any atom is -0.424 e. The van der Waals surface area contributed by atoms with Gasteiger partial charge in [0.2, 0.25) is 0 Å². The molecular formula is C25H24N4O2S. The molecule has 0 saturated carbocycles. The van der Waals surface area contributed by atoms with Gasteiger partial charge in [0.15, 0.2) is 0 Å². The van der Waals surface area contributed by atoms with Crippen molar-refractivity contribution in [3.05, 3.63) is 83.0 Å². The van der Waals surface area contributed by atoms with Gasteiger partial charge in [-0.3, -0.25) is 9.69 Å². The van der Waals surface area contributed by atoms with E-state index in [2.05, 4.69) is 50.5 Å². The fraction of sp³-hybridized carbons (Fsp3) is 0.240. The first-order valence-electron chi connectivity index (χ1n) is 10.7. The lowest BCUT2D eigenvalue weighted by Crippen LogP contribution is -2.21. The molecular weight excluding hydrogens is 420 g/mol. The number of ether oxygens (including phenoxy) is 1. The van der Waals surface area contributed by atoms with Crippen molar-refractivity contribution in [1.82, 2.24) is 20.2 Å². The number of carbonyl (C=O) groups is 1. The molecule has 1 aliphatic rings. The standard InChI is InChI=1S/C25H24N4O2S/c1-26-24(30)23-22(20-5-2-3-6-21(20)32-23)18-11-14-29(16-18)15-17-7-9-19(10-8-17)31-25-27-12-4-13-28-25/h2-10,12-13,18H,11,14-16H2,1H3,(H,26,30)/t18-/m1/s1. The van der Waals surface area contributed by atoms with Gasteiger partial charge in [-0.25, -0.2) is 9.97 Å². The molecule has 1 atom stereocenters.